The molecular formula is C12H7N3O2. The Bertz CT molecular complexity index is 623. The number of hydrogen-bond acceptors (Lipinski definition) is 4. The number of nitrogens with one attached hydrogen (secondary N) is 1. The second-order valence-corrected chi connectivity index (χ2v) is 3.67. The van der Waals surface area contributed by atoms with Gasteiger partial charge in [0.2, 0.25) is 0 Å². The molecule has 17 heavy (non-hydrogen) atoms. The third-order valence-corrected chi connectivity index (χ3v) is 2.61. The van der Waals surface area contributed by atoms with Crippen LogP contribution in [0.5, 0.6) is 0 Å². The van der Waals surface area contributed by atoms with E-state index in [-0.39, 0.29) is 0 Å². The van der Waals surface area contributed by atoms with Crippen LogP contribution in [0.1, 0.15) is 10.4 Å². The fourth-order valence-corrected chi connectivity index (χ4v) is 1.77. The number of amides is 1. The van der Waals surface area contributed by atoms with E-state index in [1.54, 1.807) is 24.5 Å². The Balaban J connectivity index is 2.12. The first kappa shape index (κ1) is 9.65. The van der Waals surface area contributed by atoms with Crippen molar-refractivity contribution in [1.82, 2.24) is 9.97 Å². The van der Waals surface area contributed by atoms with Crippen molar-refractivity contribution in [3.8, 4) is 11.1 Å². The molecule has 0 unspecified atom stereocenters. The lowest BCUT2D eigenvalue weighted by Crippen LogP contribution is -2.12. The Hall–Kier alpha value is -2.56. The molecule has 2 heterocycles. The molecule has 1 aliphatic rings. The lowest BCUT2D eigenvalue weighted by molar-refractivity contribution is -0.112. The number of nitrogens with zero attached hydrogens (tertiary/aromatic N) is 2. The smallest absolute Gasteiger partial charge is 0.296 e. The monoisotopic (exact) mass is 225 g/mol. The molecule has 1 aromatic heterocycles. The largest absolute Gasteiger partial charge is 0.318 e. The van der Waals surface area contributed by atoms with E-state index in [1.165, 1.54) is 6.33 Å². The molecule has 0 saturated heterocycles. The summed E-state index contributed by atoms with van der Waals surface area (Å²) in [4.78, 5) is 30.6. The van der Waals surface area contributed by atoms with Crippen LogP contribution in [0, 0.1) is 0 Å². The molecule has 2 aromatic rings. The van der Waals surface area contributed by atoms with Crippen LogP contribution in [0.25, 0.3) is 11.1 Å². The van der Waals surface area contributed by atoms with E-state index in [0.717, 1.165) is 11.1 Å². The minimum atomic E-state index is -0.582. The van der Waals surface area contributed by atoms with Gasteiger partial charge in [0.05, 0.1) is 11.3 Å². The van der Waals surface area contributed by atoms with E-state index >= 15 is 0 Å². The van der Waals surface area contributed by atoms with E-state index in [1.807, 2.05) is 6.07 Å². The van der Waals surface area contributed by atoms with Crippen molar-refractivity contribution in [2.24, 2.45) is 0 Å². The van der Waals surface area contributed by atoms with Gasteiger partial charge in [0.25, 0.3) is 11.7 Å². The molecule has 1 aliphatic heterocycles. The predicted octanol–water partition coefficient (Wildman–Crippen LogP) is 1.28. The molecule has 1 N–H and O–H groups in total. The molecule has 0 atom stereocenters. The molecule has 0 bridgehead atoms. The summed E-state index contributed by atoms with van der Waals surface area (Å²) < 4.78 is 0. The highest BCUT2D eigenvalue weighted by molar-refractivity contribution is 6.51. The predicted molar refractivity (Wildman–Crippen MR) is 60.4 cm³/mol. The first-order valence-electron chi connectivity index (χ1n) is 5.01. The van der Waals surface area contributed by atoms with Crippen molar-refractivity contribution >= 4 is 17.4 Å². The zero-order valence-corrected chi connectivity index (χ0v) is 8.68. The third kappa shape index (κ3) is 1.48. The molecule has 5 nitrogen and oxygen atoms in total. The summed E-state index contributed by atoms with van der Waals surface area (Å²) in [6, 6.07) is 5.20. The first-order chi connectivity index (χ1) is 8.25. The molecule has 1 amide bonds. The van der Waals surface area contributed by atoms with Crippen LogP contribution in [-0.4, -0.2) is 21.7 Å². The standard InChI is InChI=1S/C12H7N3O2/c16-11-9-3-7(8-4-13-6-14-5-8)1-2-10(9)15-12(11)17/h1-6H,(H,15,16,17). The average Bonchev–Trinajstić information content (AvgIpc) is 2.66. The van der Waals surface area contributed by atoms with E-state index in [9.17, 15) is 9.59 Å². The van der Waals surface area contributed by atoms with Gasteiger partial charge in [0.1, 0.15) is 6.33 Å². The Morgan fingerprint density at radius 3 is 2.53 bits per heavy atom. The fraction of sp³-hybridized carbons (Fsp3) is 0. The molecule has 1 aromatic carbocycles. The van der Waals surface area contributed by atoms with Gasteiger partial charge in [-0.25, -0.2) is 9.97 Å². The molecule has 82 valence electrons. The number of Topliss-reactive ketones (excluding diaryl/α,β-unsaturated/α-hetero) is 1. The lowest BCUT2D eigenvalue weighted by atomic mass is 10.0. The second-order valence-electron chi connectivity index (χ2n) is 3.67. The van der Waals surface area contributed by atoms with Crippen LogP contribution in [0.15, 0.2) is 36.9 Å². The Morgan fingerprint density at radius 1 is 1.00 bits per heavy atom. The van der Waals surface area contributed by atoms with Crippen molar-refractivity contribution < 1.29 is 9.59 Å². The van der Waals surface area contributed by atoms with Gasteiger partial charge in [-0.1, -0.05) is 6.07 Å². The van der Waals surface area contributed by atoms with Gasteiger partial charge in [0, 0.05) is 18.0 Å². The number of carbonyl (C=O) groups excluding carboxylic acids is 2. The normalized spacial score (nSPS) is 13.4. The van der Waals surface area contributed by atoms with Crippen molar-refractivity contribution in [2.45, 2.75) is 0 Å². The summed E-state index contributed by atoms with van der Waals surface area (Å²) in [7, 11) is 0. The fourth-order valence-electron chi connectivity index (χ4n) is 1.77. The van der Waals surface area contributed by atoms with E-state index in [0.29, 0.717) is 11.3 Å². The number of ketones is 1. The van der Waals surface area contributed by atoms with Gasteiger partial charge >= 0.3 is 0 Å². The number of rotatable bonds is 1. The van der Waals surface area contributed by atoms with Crippen LogP contribution in [0.2, 0.25) is 0 Å². The summed E-state index contributed by atoms with van der Waals surface area (Å²) >= 11 is 0. The molecule has 0 saturated carbocycles. The first-order valence-corrected chi connectivity index (χ1v) is 5.01. The lowest BCUT2D eigenvalue weighted by Gasteiger charge is -2.02. The minimum absolute atomic E-state index is 0.399. The molecule has 0 fully saturated rings. The molecule has 0 radical (unpaired) electrons. The van der Waals surface area contributed by atoms with Gasteiger partial charge in [-0.3, -0.25) is 9.59 Å². The number of benzene rings is 1. The maximum absolute atomic E-state index is 11.5. The zero-order chi connectivity index (χ0) is 11.8. The highest BCUT2D eigenvalue weighted by Gasteiger charge is 2.27. The van der Waals surface area contributed by atoms with Crippen molar-refractivity contribution in [1.29, 1.82) is 0 Å². The Morgan fingerprint density at radius 2 is 1.76 bits per heavy atom. The second kappa shape index (κ2) is 3.48. The summed E-state index contributed by atoms with van der Waals surface area (Å²) in [5, 5.41) is 2.51. The van der Waals surface area contributed by atoms with Crippen molar-refractivity contribution in [3.05, 3.63) is 42.5 Å². The summed E-state index contributed by atoms with van der Waals surface area (Å²) in [5.74, 6) is -1.08. The van der Waals surface area contributed by atoms with E-state index < -0.39 is 11.7 Å². The maximum atomic E-state index is 11.5. The SMILES string of the molecule is O=C1Nc2ccc(-c3cncnc3)cc2C1=O. The maximum Gasteiger partial charge on any atom is 0.296 e. The van der Waals surface area contributed by atoms with Crippen LogP contribution < -0.4 is 5.32 Å². The molecular weight excluding hydrogens is 218 g/mol. The van der Waals surface area contributed by atoms with Crippen LogP contribution in [0.3, 0.4) is 0 Å². The zero-order valence-electron chi connectivity index (χ0n) is 8.68. The summed E-state index contributed by atoms with van der Waals surface area (Å²) in [6.45, 7) is 0. The van der Waals surface area contributed by atoms with Crippen molar-refractivity contribution in [2.75, 3.05) is 5.32 Å². The minimum Gasteiger partial charge on any atom is -0.318 e. The third-order valence-electron chi connectivity index (χ3n) is 2.61. The average molecular weight is 225 g/mol. The quantitative estimate of drug-likeness (QED) is 0.742. The van der Waals surface area contributed by atoms with E-state index in [4.69, 9.17) is 0 Å². The number of anilines is 1. The van der Waals surface area contributed by atoms with Gasteiger partial charge in [-0.05, 0) is 17.7 Å². The van der Waals surface area contributed by atoms with Crippen LogP contribution in [-0.2, 0) is 4.79 Å². The Labute approximate surface area is 96.5 Å². The molecule has 5 heteroatoms. The van der Waals surface area contributed by atoms with Gasteiger partial charge in [-0.15, -0.1) is 0 Å². The number of fused-ring (bicyclic) bond motifs is 1. The molecule has 0 spiro atoms. The molecule has 3 rings (SSSR count). The summed E-state index contributed by atoms with van der Waals surface area (Å²) in [6.07, 6.45) is 4.75. The molecule has 0 aliphatic carbocycles. The van der Waals surface area contributed by atoms with Gasteiger partial charge < -0.3 is 5.32 Å². The van der Waals surface area contributed by atoms with Crippen LogP contribution >= 0.6 is 0 Å². The van der Waals surface area contributed by atoms with Crippen molar-refractivity contribution in [3.63, 3.8) is 0 Å². The number of aromatic nitrogens is 2. The van der Waals surface area contributed by atoms with Gasteiger partial charge in [-0.2, -0.15) is 0 Å². The van der Waals surface area contributed by atoms with Crippen LogP contribution in [0.4, 0.5) is 5.69 Å². The highest BCUT2D eigenvalue weighted by atomic mass is 16.2. The topological polar surface area (TPSA) is 72.0 Å². The number of hydrogen-bond donors (Lipinski definition) is 1. The van der Waals surface area contributed by atoms with E-state index in [2.05, 4.69) is 15.3 Å². The Kier molecular flexibility index (Phi) is 1.98. The highest BCUT2D eigenvalue weighted by Crippen LogP contribution is 2.28. The summed E-state index contributed by atoms with van der Waals surface area (Å²) in [5.41, 5.74) is 2.58. The number of carbonyl (C=O) groups is 2. The van der Waals surface area contributed by atoms with Gasteiger partial charge in [0.15, 0.2) is 0 Å².